The molecule has 0 radical (unpaired) electrons. The Morgan fingerprint density at radius 2 is 2.04 bits per heavy atom. The molecule has 1 fully saturated rings. The molecule has 0 aliphatic heterocycles. The normalized spacial score (nSPS) is 14.8. The highest BCUT2D eigenvalue weighted by atomic mass is 35.5. The van der Waals surface area contributed by atoms with Crippen molar-refractivity contribution in [3.63, 3.8) is 0 Å². The number of anilines is 1. The van der Waals surface area contributed by atoms with Gasteiger partial charge in [0.1, 0.15) is 0 Å². The molecule has 1 atom stereocenters. The Morgan fingerprint density at radius 1 is 1.32 bits per heavy atom. The van der Waals surface area contributed by atoms with Crippen LogP contribution in [0.2, 0.25) is 5.15 Å². The van der Waals surface area contributed by atoms with Crippen molar-refractivity contribution in [3.05, 3.63) is 58.9 Å². The summed E-state index contributed by atoms with van der Waals surface area (Å²) in [7, 11) is 0. The number of pyridine rings is 1. The Hall–Kier alpha value is -2.07. The van der Waals surface area contributed by atoms with Crippen LogP contribution in [0.3, 0.4) is 0 Å². The van der Waals surface area contributed by atoms with Gasteiger partial charge in [-0.3, -0.25) is 0 Å². The number of nitrogens with zero attached hydrogens (tertiary/aromatic N) is 2. The molecule has 132 valence electrons. The van der Waals surface area contributed by atoms with Gasteiger partial charge < -0.3 is 10.2 Å². The number of urea groups is 1. The van der Waals surface area contributed by atoms with E-state index < -0.39 is 0 Å². The van der Waals surface area contributed by atoms with Crippen molar-refractivity contribution < 1.29 is 4.79 Å². The summed E-state index contributed by atoms with van der Waals surface area (Å²) in [6.45, 7) is 4.78. The summed E-state index contributed by atoms with van der Waals surface area (Å²) in [4.78, 5) is 18.8. The standard InChI is InChI=1S/C20H24ClN3O/c1-3-24(20(25)23-17-5-4-12-22-19(17)21)18(16-10-11-16)13-15-8-6-14(2)7-9-15/h4-9,12,16,18H,3,10-11,13H2,1-2H3,(H,23,25)/t18-/m0/s1. The third-order valence-electron chi connectivity index (χ3n) is 4.73. The minimum absolute atomic E-state index is 0.110. The lowest BCUT2D eigenvalue weighted by molar-refractivity contribution is 0.182. The van der Waals surface area contributed by atoms with Crippen molar-refractivity contribution in [2.45, 2.75) is 39.2 Å². The second-order valence-electron chi connectivity index (χ2n) is 6.65. The molecular formula is C20H24ClN3O. The molecule has 0 saturated heterocycles. The topological polar surface area (TPSA) is 45.2 Å². The molecule has 1 aliphatic rings. The van der Waals surface area contributed by atoms with E-state index in [4.69, 9.17) is 11.6 Å². The largest absolute Gasteiger partial charge is 0.322 e. The first-order chi connectivity index (χ1) is 12.1. The van der Waals surface area contributed by atoms with Crippen LogP contribution in [0.1, 0.15) is 30.9 Å². The average Bonchev–Trinajstić information content (AvgIpc) is 3.43. The van der Waals surface area contributed by atoms with Gasteiger partial charge in [-0.05, 0) is 56.7 Å². The van der Waals surface area contributed by atoms with Crippen LogP contribution >= 0.6 is 11.6 Å². The van der Waals surface area contributed by atoms with Crippen LogP contribution in [0, 0.1) is 12.8 Å². The van der Waals surface area contributed by atoms with E-state index in [0.29, 0.717) is 23.3 Å². The second kappa shape index (κ2) is 7.87. The van der Waals surface area contributed by atoms with E-state index in [1.807, 2.05) is 11.8 Å². The molecule has 1 aliphatic carbocycles. The maximum Gasteiger partial charge on any atom is 0.322 e. The van der Waals surface area contributed by atoms with Crippen molar-refractivity contribution in [3.8, 4) is 0 Å². The highest BCUT2D eigenvalue weighted by Gasteiger charge is 2.37. The van der Waals surface area contributed by atoms with Crippen molar-refractivity contribution in [2.75, 3.05) is 11.9 Å². The average molecular weight is 358 g/mol. The summed E-state index contributed by atoms with van der Waals surface area (Å²) in [6.07, 6.45) is 4.87. The predicted octanol–water partition coefficient (Wildman–Crippen LogP) is 4.92. The number of rotatable bonds is 6. The molecule has 3 rings (SSSR count). The number of halogens is 1. The van der Waals surface area contributed by atoms with Crippen molar-refractivity contribution in [1.29, 1.82) is 0 Å². The van der Waals surface area contributed by atoms with Gasteiger partial charge in [-0.1, -0.05) is 41.4 Å². The number of nitrogens with one attached hydrogen (secondary N) is 1. The predicted molar refractivity (Wildman–Crippen MR) is 102 cm³/mol. The molecule has 0 bridgehead atoms. The van der Waals surface area contributed by atoms with Gasteiger partial charge in [-0.15, -0.1) is 0 Å². The van der Waals surface area contributed by atoms with Crippen LogP contribution in [-0.2, 0) is 6.42 Å². The van der Waals surface area contributed by atoms with Gasteiger partial charge in [0.05, 0.1) is 5.69 Å². The number of hydrogen-bond acceptors (Lipinski definition) is 2. The SMILES string of the molecule is CCN(C(=O)Nc1cccnc1Cl)[C@@H](Cc1ccc(C)cc1)C1CC1. The summed E-state index contributed by atoms with van der Waals surface area (Å²) in [5.41, 5.74) is 3.08. The summed E-state index contributed by atoms with van der Waals surface area (Å²) in [5, 5.41) is 3.23. The first kappa shape index (κ1) is 17.7. The van der Waals surface area contributed by atoms with Gasteiger partial charge in [-0.2, -0.15) is 0 Å². The molecule has 25 heavy (non-hydrogen) atoms. The Kier molecular flexibility index (Phi) is 5.59. The summed E-state index contributed by atoms with van der Waals surface area (Å²) < 4.78 is 0. The summed E-state index contributed by atoms with van der Waals surface area (Å²) >= 11 is 6.07. The Labute approximate surface area is 154 Å². The number of benzene rings is 1. The van der Waals surface area contributed by atoms with Crippen LogP contribution in [0.4, 0.5) is 10.5 Å². The van der Waals surface area contributed by atoms with E-state index >= 15 is 0 Å². The fraction of sp³-hybridized carbons (Fsp3) is 0.400. The van der Waals surface area contributed by atoms with Gasteiger partial charge >= 0.3 is 6.03 Å². The van der Waals surface area contributed by atoms with E-state index in [2.05, 4.69) is 41.5 Å². The zero-order valence-electron chi connectivity index (χ0n) is 14.7. The fourth-order valence-corrected chi connectivity index (χ4v) is 3.34. The summed E-state index contributed by atoms with van der Waals surface area (Å²) in [6, 6.07) is 12.2. The molecule has 1 N–H and O–H groups in total. The maximum atomic E-state index is 12.8. The molecule has 4 nitrogen and oxygen atoms in total. The molecule has 1 heterocycles. The number of carbonyl (C=O) groups excluding carboxylic acids is 1. The van der Waals surface area contributed by atoms with Crippen molar-refractivity contribution in [2.24, 2.45) is 5.92 Å². The molecular weight excluding hydrogens is 334 g/mol. The second-order valence-corrected chi connectivity index (χ2v) is 7.01. The van der Waals surface area contributed by atoms with Gasteiger partial charge in [0.2, 0.25) is 0 Å². The van der Waals surface area contributed by atoms with Crippen molar-refractivity contribution in [1.82, 2.24) is 9.88 Å². The quantitative estimate of drug-likeness (QED) is 0.746. The minimum atomic E-state index is -0.110. The van der Waals surface area contributed by atoms with Gasteiger partial charge in [0.15, 0.2) is 5.15 Å². The highest BCUT2D eigenvalue weighted by Crippen LogP contribution is 2.37. The van der Waals surface area contributed by atoms with Gasteiger partial charge in [-0.25, -0.2) is 9.78 Å². The third kappa shape index (κ3) is 4.51. The lowest BCUT2D eigenvalue weighted by atomic mass is 10.00. The van der Waals surface area contributed by atoms with E-state index in [-0.39, 0.29) is 12.1 Å². The molecule has 1 aromatic carbocycles. The number of likely N-dealkylation sites (N-methyl/N-ethyl adjacent to an activating group) is 1. The van der Waals surface area contributed by atoms with E-state index in [1.165, 1.54) is 24.0 Å². The molecule has 2 aromatic rings. The molecule has 1 aromatic heterocycles. The zero-order chi connectivity index (χ0) is 17.8. The van der Waals surface area contributed by atoms with E-state index in [9.17, 15) is 4.79 Å². The van der Waals surface area contributed by atoms with Crippen LogP contribution in [-0.4, -0.2) is 28.5 Å². The smallest absolute Gasteiger partial charge is 0.321 e. The Morgan fingerprint density at radius 3 is 2.64 bits per heavy atom. The minimum Gasteiger partial charge on any atom is -0.321 e. The molecule has 2 amide bonds. The number of aromatic nitrogens is 1. The van der Waals surface area contributed by atoms with E-state index in [1.54, 1.807) is 18.3 Å². The fourth-order valence-electron chi connectivity index (χ4n) is 3.17. The van der Waals surface area contributed by atoms with Crippen LogP contribution in [0.15, 0.2) is 42.6 Å². The lowest BCUT2D eigenvalue weighted by Gasteiger charge is -2.31. The monoisotopic (exact) mass is 357 g/mol. The van der Waals surface area contributed by atoms with Gasteiger partial charge in [0, 0.05) is 18.8 Å². The highest BCUT2D eigenvalue weighted by molar-refractivity contribution is 6.32. The molecule has 0 spiro atoms. The van der Waals surface area contributed by atoms with E-state index in [0.717, 1.165) is 6.42 Å². The Bertz CT molecular complexity index is 728. The van der Waals surface area contributed by atoms with Gasteiger partial charge in [0.25, 0.3) is 0 Å². The first-order valence-electron chi connectivity index (χ1n) is 8.82. The molecule has 0 unspecified atom stereocenters. The van der Waals surface area contributed by atoms with Crippen LogP contribution < -0.4 is 5.32 Å². The number of aryl methyl sites for hydroxylation is 1. The zero-order valence-corrected chi connectivity index (χ0v) is 15.5. The first-order valence-corrected chi connectivity index (χ1v) is 9.20. The number of carbonyl (C=O) groups is 1. The number of hydrogen-bond donors (Lipinski definition) is 1. The van der Waals surface area contributed by atoms with Crippen molar-refractivity contribution >= 4 is 23.3 Å². The third-order valence-corrected chi connectivity index (χ3v) is 5.04. The molecule has 1 saturated carbocycles. The van der Waals surface area contributed by atoms with Crippen LogP contribution in [0.25, 0.3) is 0 Å². The van der Waals surface area contributed by atoms with Crippen LogP contribution in [0.5, 0.6) is 0 Å². The summed E-state index contributed by atoms with van der Waals surface area (Å²) in [5.74, 6) is 0.580. The lowest BCUT2D eigenvalue weighted by Crippen LogP contribution is -2.45. The number of amides is 2. The maximum absolute atomic E-state index is 12.8. The Balaban J connectivity index is 1.74. The molecule has 5 heteroatoms.